The van der Waals surface area contributed by atoms with Gasteiger partial charge in [-0.2, -0.15) is 0 Å². The van der Waals surface area contributed by atoms with Gasteiger partial charge in [0.1, 0.15) is 12.4 Å². The van der Waals surface area contributed by atoms with E-state index in [1.54, 1.807) is 19.1 Å². The fraction of sp³-hybridized carbons (Fsp3) is 0.500. The number of ether oxygens (including phenoxy) is 2. The summed E-state index contributed by atoms with van der Waals surface area (Å²) in [6, 6.07) is 3.16. The van der Waals surface area contributed by atoms with Crippen LogP contribution in [0.25, 0.3) is 0 Å². The van der Waals surface area contributed by atoms with Crippen molar-refractivity contribution in [3.63, 3.8) is 0 Å². The summed E-state index contributed by atoms with van der Waals surface area (Å²) in [7, 11) is 5.34. The second-order valence-electron chi connectivity index (χ2n) is 4.20. The van der Waals surface area contributed by atoms with Gasteiger partial charge >= 0.3 is 5.69 Å². The zero-order valence-electron chi connectivity index (χ0n) is 11.1. The Hall–Kier alpha value is -1.82. The van der Waals surface area contributed by atoms with E-state index in [-0.39, 0.29) is 11.4 Å². The Morgan fingerprint density at radius 1 is 1.39 bits per heavy atom. The van der Waals surface area contributed by atoms with Gasteiger partial charge < -0.3 is 14.4 Å². The van der Waals surface area contributed by atoms with Crippen LogP contribution in [0.2, 0.25) is 0 Å². The molecule has 0 heterocycles. The SMILES string of the molecule is COc1cc(C)c([N+](=O)[O-])c(OCCN(C)C)c1. The molecule has 1 aromatic rings. The number of hydrogen-bond donors (Lipinski definition) is 0. The van der Waals surface area contributed by atoms with Crippen LogP contribution in [-0.2, 0) is 0 Å². The maximum absolute atomic E-state index is 11.0. The molecule has 100 valence electrons. The van der Waals surface area contributed by atoms with Crippen molar-refractivity contribution in [1.29, 1.82) is 0 Å². The molecule has 0 saturated carbocycles. The number of methoxy groups -OCH3 is 1. The lowest BCUT2D eigenvalue weighted by molar-refractivity contribution is -0.386. The molecule has 0 aliphatic rings. The van der Waals surface area contributed by atoms with E-state index in [1.807, 2.05) is 19.0 Å². The second-order valence-corrected chi connectivity index (χ2v) is 4.20. The van der Waals surface area contributed by atoms with Crippen molar-refractivity contribution in [2.24, 2.45) is 0 Å². The molecule has 0 saturated heterocycles. The summed E-state index contributed by atoms with van der Waals surface area (Å²) >= 11 is 0. The maximum atomic E-state index is 11.0. The normalized spacial score (nSPS) is 10.5. The summed E-state index contributed by atoms with van der Waals surface area (Å²) in [6.45, 7) is 2.74. The van der Waals surface area contributed by atoms with Crippen molar-refractivity contribution in [2.75, 3.05) is 34.4 Å². The van der Waals surface area contributed by atoms with E-state index in [1.165, 1.54) is 7.11 Å². The molecule has 0 N–H and O–H groups in total. The number of nitrogens with zero attached hydrogens (tertiary/aromatic N) is 2. The third-order valence-corrected chi connectivity index (χ3v) is 2.45. The lowest BCUT2D eigenvalue weighted by Gasteiger charge is -2.12. The van der Waals surface area contributed by atoms with Gasteiger partial charge in [0.2, 0.25) is 5.75 Å². The predicted octanol–water partition coefficient (Wildman–Crippen LogP) is 1.85. The third kappa shape index (κ3) is 3.59. The molecule has 0 unspecified atom stereocenters. The molecule has 6 heteroatoms. The van der Waals surface area contributed by atoms with Gasteiger partial charge in [0.15, 0.2) is 0 Å². The van der Waals surface area contributed by atoms with Crippen molar-refractivity contribution in [2.45, 2.75) is 6.92 Å². The van der Waals surface area contributed by atoms with E-state index in [9.17, 15) is 10.1 Å². The fourth-order valence-electron chi connectivity index (χ4n) is 1.52. The summed E-state index contributed by atoms with van der Waals surface area (Å²) in [6.07, 6.45) is 0. The first-order valence-electron chi connectivity index (χ1n) is 5.56. The highest BCUT2D eigenvalue weighted by Crippen LogP contribution is 2.34. The standard InChI is InChI=1S/C12H18N2O4/c1-9-7-10(17-4)8-11(12(9)14(15)16)18-6-5-13(2)3/h7-8H,5-6H2,1-4H3. The molecule has 0 fully saturated rings. The quantitative estimate of drug-likeness (QED) is 0.572. The molecule has 0 bridgehead atoms. The van der Waals surface area contributed by atoms with Gasteiger partial charge in [-0.25, -0.2) is 0 Å². The minimum atomic E-state index is -0.431. The Labute approximate surface area is 106 Å². The van der Waals surface area contributed by atoms with E-state index in [0.717, 1.165) is 0 Å². The summed E-state index contributed by atoms with van der Waals surface area (Å²) in [5.74, 6) is 0.802. The van der Waals surface area contributed by atoms with E-state index in [4.69, 9.17) is 9.47 Å². The first-order chi connectivity index (χ1) is 8.45. The average molecular weight is 254 g/mol. The Morgan fingerprint density at radius 3 is 2.56 bits per heavy atom. The molecular weight excluding hydrogens is 236 g/mol. The van der Waals surface area contributed by atoms with Crippen molar-refractivity contribution in [3.05, 3.63) is 27.8 Å². The Morgan fingerprint density at radius 2 is 2.06 bits per heavy atom. The Balaban J connectivity index is 2.98. The molecule has 0 amide bonds. The largest absolute Gasteiger partial charge is 0.497 e. The van der Waals surface area contributed by atoms with Crippen molar-refractivity contribution in [1.82, 2.24) is 4.90 Å². The zero-order valence-corrected chi connectivity index (χ0v) is 11.1. The number of hydrogen-bond acceptors (Lipinski definition) is 5. The lowest BCUT2D eigenvalue weighted by atomic mass is 10.2. The van der Waals surface area contributed by atoms with Crippen LogP contribution in [0, 0.1) is 17.0 Å². The summed E-state index contributed by atoms with van der Waals surface area (Å²) < 4.78 is 10.6. The fourth-order valence-corrected chi connectivity index (χ4v) is 1.52. The second kappa shape index (κ2) is 6.20. The number of aryl methyl sites for hydroxylation is 1. The molecular formula is C12H18N2O4. The minimum Gasteiger partial charge on any atom is -0.497 e. The highest BCUT2D eigenvalue weighted by atomic mass is 16.6. The van der Waals surface area contributed by atoms with E-state index < -0.39 is 4.92 Å². The maximum Gasteiger partial charge on any atom is 0.314 e. The van der Waals surface area contributed by atoms with Crippen LogP contribution in [-0.4, -0.2) is 44.2 Å². The average Bonchev–Trinajstić information content (AvgIpc) is 2.27. The van der Waals surface area contributed by atoms with Crippen LogP contribution in [0.15, 0.2) is 12.1 Å². The van der Waals surface area contributed by atoms with Gasteiger partial charge in [0.25, 0.3) is 0 Å². The van der Waals surface area contributed by atoms with Crippen molar-refractivity contribution < 1.29 is 14.4 Å². The van der Waals surface area contributed by atoms with E-state index >= 15 is 0 Å². The van der Waals surface area contributed by atoms with Crippen LogP contribution in [0.4, 0.5) is 5.69 Å². The van der Waals surface area contributed by atoms with Crippen molar-refractivity contribution >= 4 is 5.69 Å². The number of nitro benzene ring substituents is 1. The highest BCUT2D eigenvalue weighted by molar-refractivity contribution is 5.56. The van der Waals surface area contributed by atoms with E-state index in [0.29, 0.717) is 24.5 Å². The molecule has 6 nitrogen and oxygen atoms in total. The summed E-state index contributed by atoms with van der Waals surface area (Å²) in [4.78, 5) is 12.5. The van der Waals surface area contributed by atoms with Crippen LogP contribution < -0.4 is 9.47 Å². The van der Waals surface area contributed by atoms with Gasteiger partial charge in [-0.1, -0.05) is 0 Å². The molecule has 0 aliphatic carbocycles. The molecule has 1 rings (SSSR count). The molecule has 1 aromatic carbocycles. The monoisotopic (exact) mass is 254 g/mol. The highest BCUT2D eigenvalue weighted by Gasteiger charge is 2.20. The molecule has 18 heavy (non-hydrogen) atoms. The Bertz CT molecular complexity index is 432. The smallest absolute Gasteiger partial charge is 0.314 e. The number of likely N-dealkylation sites (N-methyl/N-ethyl adjacent to an activating group) is 1. The van der Waals surface area contributed by atoms with Crippen LogP contribution in [0.1, 0.15) is 5.56 Å². The molecule has 0 aliphatic heterocycles. The summed E-state index contributed by atoms with van der Waals surface area (Å²) in [5, 5.41) is 11.0. The van der Waals surface area contributed by atoms with Gasteiger partial charge in [-0.3, -0.25) is 10.1 Å². The molecule has 0 atom stereocenters. The first-order valence-corrected chi connectivity index (χ1v) is 5.56. The minimum absolute atomic E-state index is 0.00504. The lowest BCUT2D eigenvalue weighted by Crippen LogP contribution is -2.19. The number of rotatable bonds is 6. The van der Waals surface area contributed by atoms with Crippen LogP contribution in [0.5, 0.6) is 11.5 Å². The molecule has 0 aromatic heterocycles. The van der Waals surface area contributed by atoms with Gasteiger partial charge in [-0.05, 0) is 27.1 Å². The number of benzene rings is 1. The van der Waals surface area contributed by atoms with Gasteiger partial charge in [-0.15, -0.1) is 0 Å². The molecule has 0 radical (unpaired) electrons. The summed E-state index contributed by atoms with van der Waals surface area (Å²) in [5.41, 5.74) is 0.522. The zero-order chi connectivity index (χ0) is 13.7. The van der Waals surface area contributed by atoms with E-state index in [2.05, 4.69) is 0 Å². The van der Waals surface area contributed by atoms with Crippen LogP contribution in [0.3, 0.4) is 0 Å². The Kier molecular flexibility index (Phi) is 4.91. The topological polar surface area (TPSA) is 64.8 Å². The predicted molar refractivity (Wildman–Crippen MR) is 68.4 cm³/mol. The van der Waals surface area contributed by atoms with Gasteiger partial charge in [0.05, 0.1) is 12.0 Å². The van der Waals surface area contributed by atoms with Crippen LogP contribution >= 0.6 is 0 Å². The first kappa shape index (κ1) is 14.2. The third-order valence-electron chi connectivity index (χ3n) is 2.45. The number of nitro groups is 1. The van der Waals surface area contributed by atoms with Gasteiger partial charge in [0, 0.05) is 18.2 Å². The van der Waals surface area contributed by atoms with Crippen molar-refractivity contribution in [3.8, 4) is 11.5 Å². The molecule has 0 spiro atoms.